The maximum Gasteiger partial charge on any atom is 0.106 e. The molecule has 4 nitrogen and oxygen atoms in total. The van der Waals surface area contributed by atoms with Gasteiger partial charge in [-0.2, -0.15) is 0 Å². The maximum atomic E-state index is 9.36. The molecule has 5 atom stereocenters. The molecule has 1 rings (SSSR count). The van der Waals surface area contributed by atoms with Gasteiger partial charge in [0.15, 0.2) is 0 Å². The Bertz CT molecular complexity index is 145. The van der Waals surface area contributed by atoms with Crippen LogP contribution in [0.3, 0.4) is 0 Å². The molecule has 0 bridgehead atoms. The van der Waals surface area contributed by atoms with E-state index in [0.29, 0.717) is 6.42 Å². The Hall–Kier alpha value is -0.160. The third-order valence-corrected chi connectivity index (χ3v) is 2.67. The molecule has 0 unspecified atom stereocenters. The first-order valence-electron chi connectivity index (χ1n) is 4.23. The van der Waals surface area contributed by atoms with Gasteiger partial charge in [0.2, 0.25) is 0 Å². The molecule has 0 aliphatic heterocycles. The highest BCUT2D eigenvalue weighted by Crippen LogP contribution is 2.29. The minimum absolute atomic E-state index is 0.0689. The molecular weight excluding hydrogens is 160 g/mol. The molecule has 4 N–H and O–H groups in total. The first-order chi connectivity index (χ1) is 5.57. The fourth-order valence-electron chi connectivity index (χ4n) is 1.76. The number of hydrogen-bond acceptors (Lipinski definition) is 4. The van der Waals surface area contributed by atoms with Crippen molar-refractivity contribution in [3.63, 3.8) is 0 Å². The van der Waals surface area contributed by atoms with E-state index in [9.17, 15) is 15.3 Å². The molecule has 1 aliphatic carbocycles. The Morgan fingerprint density at radius 1 is 1.08 bits per heavy atom. The van der Waals surface area contributed by atoms with Crippen molar-refractivity contribution in [2.45, 2.75) is 31.7 Å². The van der Waals surface area contributed by atoms with E-state index in [-0.39, 0.29) is 18.4 Å². The van der Waals surface area contributed by atoms with Crippen LogP contribution < -0.4 is 0 Å². The molecule has 1 aliphatic rings. The van der Waals surface area contributed by atoms with E-state index in [1.54, 1.807) is 6.92 Å². The van der Waals surface area contributed by atoms with E-state index < -0.39 is 18.3 Å². The van der Waals surface area contributed by atoms with Crippen LogP contribution in [0.5, 0.6) is 0 Å². The molecule has 0 amide bonds. The van der Waals surface area contributed by atoms with Gasteiger partial charge in [0.05, 0.1) is 12.2 Å². The molecule has 72 valence electrons. The van der Waals surface area contributed by atoms with Crippen LogP contribution in [0.4, 0.5) is 0 Å². The first-order valence-corrected chi connectivity index (χ1v) is 4.23. The van der Waals surface area contributed by atoms with Gasteiger partial charge in [-0.05, 0) is 12.3 Å². The highest BCUT2D eigenvalue weighted by atomic mass is 16.4. The molecule has 1 saturated carbocycles. The summed E-state index contributed by atoms with van der Waals surface area (Å²) in [7, 11) is 0. The monoisotopic (exact) mass is 176 g/mol. The molecular formula is C8H16O4. The van der Waals surface area contributed by atoms with Crippen molar-refractivity contribution in [3.05, 3.63) is 0 Å². The van der Waals surface area contributed by atoms with Crippen LogP contribution in [0.2, 0.25) is 0 Å². The standard InChI is InChI=1S/C8H16O4/c1-4-2-5(3-9)7(11)8(12)6(4)10/h4-12H,2-3H2,1H3/t4-,5+,6+,7+,8+/m0/s1. The SMILES string of the molecule is C[C@H]1C[C@H](CO)[C@@H](O)[C@H](O)[C@@H]1O. The Morgan fingerprint density at radius 3 is 2.17 bits per heavy atom. The van der Waals surface area contributed by atoms with Crippen LogP contribution >= 0.6 is 0 Å². The van der Waals surface area contributed by atoms with Gasteiger partial charge >= 0.3 is 0 Å². The Labute approximate surface area is 71.5 Å². The largest absolute Gasteiger partial charge is 0.396 e. The number of rotatable bonds is 1. The molecule has 4 heteroatoms. The molecule has 0 saturated heterocycles. The van der Waals surface area contributed by atoms with Crippen LogP contribution in [0.25, 0.3) is 0 Å². The fourth-order valence-corrected chi connectivity index (χ4v) is 1.76. The van der Waals surface area contributed by atoms with Crippen molar-refractivity contribution in [1.29, 1.82) is 0 Å². The van der Waals surface area contributed by atoms with Crippen molar-refractivity contribution in [3.8, 4) is 0 Å². The molecule has 12 heavy (non-hydrogen) atoms. The van der Waals surface area contributed by atoms with E-state index in [0.717, 1.165) is 0 Å². The van der Waals surface area contributed by atoms with Gasteiger partial charge in [0, 0.05) is 12.5 Å². The summed E-state index contributed by atoms with van der Waals surface area (Å²) in [6, 6.07) is 0. The summed E-state index contributed by atoms with van der Waals surface area (Å²) in [5, 5.41) is 36.8. The van der Waals surface area contributed by atoms with Crippen LogP contribution in [-0.4, -0.2) is 45.3 Å². The predicted octanol–water partition coefficient (Wildman–Crippen LogP) is -1.28. The lowest BCUT2D eigenvalue weighted by molar-refractivity contribution is -0.138. The second kappa shape index (κ2) is 3.70. The lowest BCUT2D eigenvalue weighted by Gasteiger charge is -2.38. The normalized spacial score (nSPS) is 49.2. The zero-order chi connectivity index (χ0) is 9.30. The second-order valence-electron chi connectivity index (χ2n) is 3.63. The van der Waals surface area contributed by atoms with Crippen LogP contribution in [-0.2, 0) is 0 Å². The van der Waals surface area contributed by atoms with E-state index >= 15 is 0 Å². The van der Waals surface area contributed by atoms with Gasteiger partial charge in [-0.25, -0.2) is 0 Å². The molecule has 0 heterocycles. The van der Waals surface area contributed by atoms with Crippen LogP contribution in [0, 0.1) is 11.8 Å². The van der Waals surface area contributed by atoms with Crippen molar-refractivity contribution in [2.24, 2.45) is 11.8 Å². The zero-order valence-corrected chi connectivity index (χ0v) is 7.09. The van der Waals surface area contributed by atoms with Gasteiger partial charge in [-0.3, -0.25) is 0 Å². The van der Waals surface area contributed by atoms with Crippen molar-refractivity contribution < 1.29 is 20.4 Å². The molecule has 0 aromatic heterocycles. The minimum atomic E-state index is -1.12. The first kappa shape index (κ1) is 9.92. The van der Waals surface area contributed by atoms with Gasteiger partial charge < -0.3 is 20.4 Å². The second-order valence-corrected chi connectivity index (χ2v) is 3.63. The molecule has 0 spiro atoms. The van der Waals surface area contributed by atoms with Crippen molar-refractivity contribution in [1.82, 2.24) is 0 Å². The highest BCUT2D eigenvalue weighted by Gasteiger charge is 2.40. The summed E-state index contributed by atoms with van der Waals surface area (Å²) >= 11 is 0. The minimum Gasteiger partial charge on any atom is -0.396 e. The number of aliphatic hydroxyl groups excluding tert-OH is 4. The summed E-state index contributed by atoms with van der Waals surface area (Å²) in [5.74, 6) is -0.376. The van der Waals surface area contributed by atoms with Crippen molar-refractivity contribution in [2.75, 3.05) is 6.61 Å². The summed E-state index contributed by atoms with van der Waals surface area (Å²) < 4.78 is 0. The summed E-state index contributed by atoms with van der Waals surface area (Å²) in [6.45, 7) is 1.65. The third kappa shape index (κ3) is 1.61. The van der Waals surface area contributed by atoms with Gasteiger partial charge in [-0.1, -0.05) is 6.92 Å². The molecule has 0 aromatic rings. The smallest absolute Gasteiger partial charge is 0.106 e. The summed E-state index contributed by atoms with van der Waals surface area (Å²) in [5.41, 5.74) is 0. The van der Waals surface area contributed by atoms with Crippen molar-refractivity contribution >= 4 is 0 Å². The topological polar surface area (TPSA) is 80.9 Å². The Kier molecular flexibility index (Phi) is 3.06. The Morgan fingerprint density at radius 2 is 1.67 bits per heavy atom. The van der Waals surface area contributed by atoms with Gasteiger partial charge in [0.25, 0.3) is 0 Å². The van der Waals surface area contributed by atoms with Crippen LogP contribution in [0.15, 0.2) is 0 Å². The van der Waals surface area contributed by atoms with Crippen LogP contribution in [0.1, 0.15) is 13.3 Å². The van der Waals surface area contributed by atoms with Gasteiger partial charge in [0.1, 0.15) is 6.10 Å². The highest BCUT2D eigenvalue weighted by molar-refractivity contribution is 4.90. The Balaban J connectivity index is 2.63. The number of hydrogen-bond donors (Lipinski definition) is 4. The zero-order valence-electron chi connectivity index (χ0n) is 7.09. The average molecular weight is 176 g/mol. The summed E-state index contributed by atoms with van der Waals surface area (Å²) in [6.07, 6.45) is -2.44. The molecule has 1 fully saturated rings. The quantitative estimate of drug-likeness (QED) is 0.401. The lowest BCUT2D eigenvalue weighted by atomic mass is 9.77. The van der Waals surface area contributed by atoms with E-state index in [1.165, 1.54) is 0 Å². The average Bonchev–Trinajstić information content (AvgIpc) is 2.08. The maximum absolute atomic E-state index is 9.36. The number of aliphatic hydroxyl groups is 4. The third-order valence-electron chi connectivity index (χ3n) is 2.67. The molecule has 0 aromatic carbocycles. The van der Waals surface area contributed by atoms with E-state index in [1.807, 2.05) is 0 Å². The summed E-state index contributed by atoms with van der Waals surface area (Å²) in [4.78, 5) is 0. The predicted molar refractivity (Wildman–Crippen MR) is 42.4 cm³/mol. The fraction of sp³-hybridized carbons (Fsp3) is 1.00. The van der Waals surface area contributed by atoms with E-state index in [4.69, 9.17) is 5.11 Å². The van der Waals surface area contributed by atoms with Gasteiger partial charge in [-0.15, -0.1) is 0 Å². The lowest BCUT2D eigenvalue weighted by Crippen LogP contribution is -2.51. The van der Waals surface area contributed by atoms with E-state index in [2.05, 4.69) is 0 Å². The molecule has 0 radical (unpaired) electrons.